The van der Waals surface area contributed by atoms with Gasteiger partial charge in [-0.05, 0) is 102 Å². The smallest absolute Gasteiger partial charge is 0.320 e. The maximum Gasteiger partial charge on any atom is 0.320 e. The molecule has 384 valence electrons. The van der Waals surface area contributed by atoms with Crippen molar-refractivity contribution in [2.24, 2.45) is 5.73 Å². The lowest BCUT2D eigenvalue weighted by Gasteiger charge is -2.29. The number of hydrogen-bond donors (Lipinski definition) is 3. The molecule has 1 saturated heterocycles. The van der Waals surface area contributed by atoms with Crippen LogP contribution in [0.2, 0.25) is 5.02 Å². The first kappa shape index (κ1) is 59.8. The fourth-order valence-electron chi connectivity index (χ4n) is 7.30. The van der Waals surface area contributed by atoms with Crippen LogP contribution < -0.4 is 20.3 Å². The third kappa shape index (κ3) is 16.5. The van der Waals surface area contributed by atoms with Gasteiger partial charge in [0.2, 0.25) is 5.91 Å². The number of aryl methyl sites for hydroxylation is 2. The number of rotatable bonds is 15. The van der Waals surface area contributed by atoms with Crippen LogP contribution in [-0.4, -0.2) is 106 Å². The van der Waals surface area contributed by atoms with Gasteiger partial charge < -0.3 is 39.3 Å². The molecule has 4 atom stereocenters. The number of aliphatic carboxylic acids is 1. The van der Waals surface area contributed by atoms with Crippen molar-refractivity contribution < 1.29 is 61.6 Å². The molecule has 3 aromatic rings. The van der Waals surface area contributed by atoms with Gasteiger partial charge in [0, 0.05) is 36.6 Å². The second-order valence-electron chi connectivity index (χ2n) is 16.6. The summed E-state index contributed by atoms with van der Waals surface area (Å²) in [4.78, 5) is 70.7. The van der Waals surface area contributed by atoms with Crippen LogP contribution in [-0.2, 0) is 44.4 Å². The highest BCUT2D eigenvalue weighted by Gasteiger charge is 2.45. The van der Waals surface area contributed by atoms with Crippen molar-refractivity contribution in [1.82, 2.24) is 4.90 Å². The normalized spacial score (nSPS) is 17.7. The van der Waals surface area contributed by atoms with E-state index in [9.17, 15) is 32.9 Å². The molecule has 70 heavy (non-hydrogen) atoms. The number of ether oxygens (including phenoxy) is 3. The first-order chi connectivity index (χ1) is 32.8. The van der Waals surface area contributed by atoms with Gasteiger partial charge in [0.05, 0.1) is 29.2 Å². The highest BCUT2D eigenvalue weighted by molar-refractivity contribution is 7.57. The van der Waals surface area contributed by atoms with Crippen molar-refractivity contribution in [1.29, 1.82) is 0 Å². The third-order valence-corrected chi connectivity index (χ3v) is 12.9. The summed E-state index contributed by atoms with van der Waals surface area (Å²) in [5.74, 6) is -0.166. The Balaban J connectivity index is 0.000000256. The van der Waals surface area contributed by atoms with Gasteiger partial charge >= 0.3 is 5.97 Å². The fraction of sp³-hybridized carbons (Fsp3) is 0.479. The van der Waals surface area contributed by atoms with Crippen LogP contribution in [0, 0.1) is 25.1 Å². The van der Waals surface area contributed by atoms with Crippen LogP contribution in [0.3, 0.4) is 0 Å². The molecular formula is C48H60Cl4FN4O12P. The molecule has 1 aliphatic carbocycles. The molecule has 0 radical (unpaired) electrons. The van der Waals surface area contributed by atoms with Gasteiger partial charge in [-0.3, -0.25) is 33.4 Å². The average Bonchev–Trinajstić information content (AvgIpc) is 4.03. The van der Waals surface area contributed by atoms with E-state index in [1.165, 1.54) is 17.6 Å². The van der Waals surface area contributed by atoms with Crippen LogP contribution in [0.15, 0.2) is 64.3 Å². The van der Waals surface area contributed by atoms with Gasteiger partial charge in [-0.2, -0.15) is 0 Å². The first-order valence-corrected chi connectivity index (χ1v) is 26.2. The molecule has 1 aromatic heterocycles. The monoisotopic (exact) mass is 1070 g/mol. The van der Waals surface area contributed by atoms with Crippen LogP contribution >= 0.6 is 53.8 Å². The maximum atomic E-state index is 14.4. The van der Waals surface area contributed by atoms with Gasteiger partial charge in [-0.15, -0.1) is 18.0 Å². The molecule has 3 aliphatic rings. The number of carboxylic acid groups (broad SMARTS) is 1. The van der Waals surface area contributed by atoms with Crippen molar-refractivity contribution in [3.05, 3.63) is 87.6 Å². The highest BCUT2D eigenvalue weighted by atomic mass is 35.5. The summed E-state index contributed by atoms with van der Waals surface area (Å²) in [7, 11) is -3.10. The number of benzene rings is 2. The Morgan fingerprint density at radius 3 is 2.23 bits per heavy atom. The van der Waals surface area contributed by atoms with Crippen LogP contribution in [0.25, 0.3) is 0 Å². The third-order valence-electron chi connectivity index (χ3n) is 10.9. The summed E-state index contributed by atoms with van der Waals surface area (Å²) in [6, 6.07) is 10.9. The molecule has 4 unspecified atom stereocenters. The highest BCUT2D eigenvalue weighted by Crippen LogP contribution is 2.41. The SMILES string of the molecule is C#CC(C)Oc1cc(N2C(=O)C3=C(CCCC3)C2=O)c(F)cc1Cl.CC1(C)OC(c2ccco2)CN1C(=O)C(Cl)Cl.CCOCN(C(=O)CCl)c1c(C)cccc1CC.CP(=O)(O)CCC(N)C(=O)O. The lowest BCUT2D eigenvalue weighted by atomic mass is 9.93. The average molecular weight is 1080 g/mol. The van der Waals surface area contributed by atoms with E-state index in [4.69, 9.17) is 87.2 Å². The summed E-state index contributed by atoms with van der Waals surface area (Å²) in [6.07, 6.45) is 9.63. The molecule has 0 bridgehead atoms. The molecule has 16 nitrogen and oxygen atoms in total. The predicted molar refractivity (Wildman–Crippen MR) is 268 cm³/mol. The summed E-state index contributed by atoms with van der Waals surface area (Å²) >= 11 is 22.9. The number of para-hydroxylation sites is 1. The fourth-order valence-corrected chi connectivity index (χ4v) is 8.63. The predicted octanol–water partition coefficient (Wildman–Crippen LogP) is 9.15. The maximum absolute atomic E-state index is 14.4. The van der Waals surface area contributed by atoms with E-state index in [-0.39, 0.29) is 59.6 Å². The Morgan fingerprint density at radius 1 is 1.10 bits per heavy atom. The number of terminal acetylenes is 1. The quantitative estimate of drug-likeness (QED) is 0.0426. The van der Waals surface area contributed by atoms with Crippen molar-refractivity contribution in [3.8, 4) is 18.1 Å². The van der Waals surface area contributed by atoms with Crippen molar-refractivity contribution in [2.45, 2.75) is 109 Å². The topological polar surface area (TPSA) is 219 Å². The number of amides is 4. The number of imide groups is 1. The molecule has 0 spiro atoms. The number of alkyl halides is 3. The van der Waals surface area contributed by atoms with Crippen molar-refractivity contribution >= 4 is 94.7 Å². The first-order valence-electron chi connectivity index (χ1n) is 22.2. The minimum Gasteiger partial charge on any atom is -0.480 e. The number of carbonyl (C=O) groups excluding carboxylic acids is 4. The summed E-state index contributed by atoms with van der Waals surface area (Å²) < 4.78 is 46.9. The molecule has 0 saturated carbocycles. The summed E-state index contributed by atoms with van der Waals surface area (Å²) in [5.41, 5.74) is 8.29. The number of hydrogen-bond acceptors (Lipinski definition) is 11. The molecule has 22 heteroatoms. The number of carbonyl (C=O) groups is 5. The molecule has 2 aliphatic heterocycles. The lowest BCUT2D eigenvalue weighted by molar-refractivity contribution is -0.144. The second kappa shape index (κ2) is 27.4. The van der Waals surface area contributed by atoms with Crippen LogP contribution in [0.1, 0.15) is 89.7 Å². The largest absolute Gasteiger partial charge is 0.480 e. The number of anilines is 2. The minimum absolute atomic E-state index is 0.0233. The Bertz CT molecular complexity index is 2410. The molecule has 4 amide bonds. The van der Waals surface area contributed by atoms with E-state index >= 15 is 0 Å². The summed E-state index contributed by atoms with van der Waals surface area (Å²) in [5, 5.41) is 8.31. The summed E-state index contributed by atoms with van der Waals surface area (Å²) in [6.45, 7) is 13.6. The molecule has 4 N–H and O–H groups in total. The molecular weight excluding hydrogens is 1020 g/mol. The molecule has 3 heterocycles. The molecule has 2 aromatic carbocycles. The Labute approximate surface area is 427 Å². The van der Waals surface area contributed by atoms with Gasteiger partial charge in [-0.25, -0.2) is 9.29 Å². The van der Waals surface area contributed by atoms with Gasteiger partial charge in [0.15, 0.2) is 18.3 Å². The number of nitrogens with two attached hydrogens (primary N) is 1. The van der Waals surface area contributed by atoms with Gasteiger partial charge in [0.1, 0.15) is 47.8 Å². The van der Waals surface area contributed by atoms with Crippen molar-refractivity contribution in [2.75, 3.05) is 48.4 Å². The molecule has 6 rings (SSSR count). The molecule has 1 fully saturated rings. The Kier molecular flexibility index (Phi) is 23.4. The Morgan fingerprint density at radius 2 is 1.73 bits per heavy atom. The number of carboxylic acids is 1. The zero-order valence-corrected chi connectivity index (χ0v) is 43.9. The number of halogens is 5. The Hall–Kier alpha value is -4.47. The van der Waals surface area contributed by atoms with Crippen molar-refractivity contribution in [3.63, 3.8) is 0 Å². The zero-order chi connectivity index (χ0) is 52.7. The van der Waals surface area contributed by atoms with Crippen LogP contribution in [0.5, 0.6) is 5.75 Å². The zero-order valence-electron chi connectivity index (χ0n) is 40.0. The minimum atomic E-state index is -3.10. The van der Waals surface area contributed by atoms with E-state index in [0.717, 1.165) is 47.0 Å². The van der Waals surface area contributed by atoms with E-state index in [0.29, 0.717) is 42.9 Å². The van der Waals surface area contributed by atoms with E-state index < -0.39 is 53.7 Å². The van der Waals surface area contributed by atoms with Gasteiger partial charge in [0.25, 0.3) is 17.7 Å². The van der Waals surface area contributed by atoms with E-state index in [1.54, 1.807) is 38.0 Å². The second-order valence-corrected chi connectivity index (χ2v) is 20.9. The van der Waals surface area contributed by atoms with Crippen LogP contribution in [0.4, 0.5) is 15.8 Å². The standard InChI is InChI=1S/C18H15ClFNO3.C14H20ClNO2.C11H13Cl2NO3.C5H12NO4P/c1-3-10(2)24-16-9-15(14(20)8-13(16)19)21-17(22)11-6-4-5-7-12(11)18(21)23;1-4-12-8-6-7-11(3)14(12)16(10-18-5-2)13(17)9-15;1-11(2)14(10(15)9(12)13)6-8(17-11)7-4-3-5-16-7;1-11(9,10)3-2-4(6)5(7)8/h1,8-10H,4-7H2,2H3;6-8H,4-5,9-10H2,1-3H3;3-5,8-9H,6H2,1-2H3;4H,2-3,6H2,1H3,(H,7,8)(H,9,10). The van der Waals surface area contributed by atoms with Gasteiger partial charge in [-0.1, -0.05) is 65.8 Å². The number of nitrogens with zero attached hydrogens (tertiary/aromatic N) is 3. The van der Waals surface area contributed by atoms with E-state index in [1.807, 2.05) is 38.1 Å². The van der Waals surface area contributed by atoms with E-state index in [2.05, 4.69) is 12.8 Å². The lowest BCUT2D eigenvalue weighted by Crippen LogP contribution is -2.45. The number of furan rings is 1.